The number of benzene rings is 1. The van der Waals surface area contributed by atoms with Gasteiger partial charge in [-0.2, -0.15) is 0 Å². The summed E-state index contributed by atoms with van der Waals surface area (Å²) < 4.78 is 10.9. The molecule has 1 aliphatic rings. The van der Waals surface area contributed by atoms with Crippen LogP contribution in [0.25, 0.3) is 0 Å². The molecule has 0 saturated heterocycles. The number of terminal acetylenes is 1. The SMILES string of the molecule is C#CC(NC(=O)c1ccc2c(c1)OCCO2)C(C)C. The smallest absolute Gasteiger partial charge is 0.252 e. The fourth-order valence-corrected chi connectivity index (χ4v) is 1.81. The molecule has 0 radical (unpaired) electrons. The van der Waals surface area contributed by atoms with Gasteiger partial charge in [0.1, 0.15) is 13.2 Å². The molecule has 0 fully saturated rings. The van der Waals surface area contributed by atoms with Crippen molar-refractivity contribution in [3.05, 3.63) is 23.8 Å². The Bertz CT molecular complexity index is 517. The van der Waals surface area contributed by atoms with Crippen LogP contribution in [0.3, 0.4) is 0 Å². The Kier molecular flexibility index (Phi) is 3.96. The zero-order valence-electron chi connectivity index (χ0n) is 11.1. The fraction of sp³-hybridized carbons (Fsp3) is 0.400. The lowest BCUT2D eigenvalue weighted by Gasteiger charge is -2.20. The van der Waals surface area contributed by atoms with E-state index < -0.39 is 0 Å². The van der Waals surface area contributed by atoms with Gasteiger partial charge in [0.15, 0.2) is 11.5 Å². The lowest BCUT2D eigenvalue weighted by atomic mass is 10.0. The Labute approximate surface area is 113 Å². The average molecular weight is 259 g/mol. The summed E-state index contributed by atoms with van der Waals surface area (Å²) in [5, 5.41) is 2.82. The Balaban J connectivity index is 2.14. The number of amides is 1. The predicted octanol–water partition coefficient (Wildman–Crippen LogP) is 1.85. The molecule has 19 heavy (non-hydrogen) atoms. The highest BCUT2D eigenvalue weighted by molar-refractivity contribution is 5.95. The molecule has 1 atom stereocenters. The first-order valence-electron chi connectivity index (χ1n) is 6.28. The molecule has 0 aliphatic carbocycles. The van der Waals surface area contributed by atoms with Crippen molar-refractivity contribution in [2.45, 2.75) is 19.9 Å². The summed E-state index contributed by atoms with van der Waals surface area (Å²) in [6.45, 7) is 4.96. The van der Waals surface area contributed by atoms with Crippen LogP contribution in [-0.2, 0) is 0 Å². The van der Waals surface area contributed by atoms with E-state index in [4.69, 9.17) is 15.9 Å². The molecule has 1 aromatic carbocycles. The van der Waals surface area contributed by atoms with Gasteiger partial charge in [0.2, 0.25) is 0 Å². The largest absolute Gasteiger partial charge is 0.486 e. The number of carbonyl (C=O) groups excluding carboxylic acids is 1. The first-order chi connectivity index (χ1) is 9.11. The van der Waals surface area contributed by atoms with E-state index >= 15 is 0 Å². The summed E-state index contributed by atoms with van der Waals surface area (Å²) in [5.41, 5.74) is 0.519. The highest BCUT2D eigenvalue weighted by Crippen LogP contribution is 2.30. The molecule has 1 amide bonds. The van der Waals surface area contributed by atoms with Crippen LogP contribution in [0.2, 0.25) is 0 Å². The maximum absolute atomic E-state index is 12.1. The quantitative estimate of drug-likeness (QED) is 0.843. The van der Waals surface area contributed by atoms with Crippen molar-refractivity contribution in [2.75, 3.05) is 13.2 Å². The summed E-state index contributed by atoms with van der Waals surface area (Å²) in [5.74, 6) is 3.83. The van der Waals surface area contributed by atoms with E-state index in [2.05, 4.69) is 11.2 Å². The molecule has 0 spiro atoms. The van der Waals surface area contributed by atoms with E-state index in [1.807, 2.05) is 13.8 Å². The van der Waals surface area contributed by atoms with Crippen LogP contribution < -0.4 is 14.8 Å². The minimum atomic E-state index is -0.277. The first-order valence-corrected chi connectivity index (χ1v) is 6.28. The van der Waals surface area contributed by atoms with Crippen molar-refractivity contribution in [3.63, 3.8) is 0 Å². The molecule has 0 bridgehead atoms. The van der Waals surface area contributed by atoms with Crippen LogP contribution in [0, 0.1) is 18.3 Å². The van der Waals surface area contributed by atoms with E-state index in [0.717, 1.165) is 0 Å². The number of fused-ring (bicyclic) bond motifs is 1. The van der Waals surface area contributed by atoms with Gasteiger partial charge in [-0.1, -0.05) is 19.8 Å². The molecular weight excluding hydrogens is 242 g/mol. The summed E-state index contributed by atoms with van der Waals surface area (Å²) in [6.07, 6.45) is 5.40. The Morgan fingerprint density at radius 1 is 1.32 bits per heavy atom. The first kappa shape index (κ1) is 13.3. The summed E-state index contributed by atoms with van der Waals surface area (Å²) >= 11 is 0. The standard InChI is InChI=1S/C15H17NO3/c1-4-12(10(2)3)16-15(17)11-5-6-13-14(9-11)19-8-7-18-13/h1,5-6,9-10,12H,7-8H2,2-3H3,(H,16,17). The van der Waals surface area contributed by atoms with E-state index in [1.54, 1.807) is 18.2 Å². The van der Waals surface area contributed by atoms with Crippen molar-refractivity contribution in [3.8, 4) is 23.8 Å². The van der Waals surface area contributed by atoms with Crippen molar-refractivity contribution < 1.29 is 14.3 Å². The van der Waals surface area contributed by atoms with Crippen molar-refractivity contribution in [1.82, 2.24) is 5.32 Å². The van der Waals surface area contributed by atoms with Gasteiger partial charge in [0.05, 0.1) is 6.04 Å². The summed E-state index contributed by atoms with van der Waals surface area (Å²) in [4.78, 5) is 12.1. The maximum Gasteiger partial charge on any atom is 0.252 e. The Morgan fingerprint density at radius 3 is 2.63 bits per heavy atom. The van der Waals surface area contributed by atoms with Crippen LogP contribution in [0.1, 0.15) is 24.2 Å². The van der Waals surface area contributed by atoms with Crippen molar-refractivity contribution in [2.24, 2.45) is 5.92 Å². The van der Waals surface area contributed by atoms with E-state index in [1.165, 1.54) is 0 Å². The predicted molar refractivity (Wildman–Crippen MR) is 72.4 cm³/mol. The molecule has 1 aromatic rings. The number of carbonyl (C=O) groups is 1. The molecule has 1 unspecified atom stereocenters. The van der Waals surface area contributed by atoms with Crippen molar-refractivity contribution >= 4 is 5.91 Å². The van der Waals surface area contributed by atoms with Crippen molar-refractivity contribution in [1.29, 1.82) is 0 Å². The van der Waals surface area contributed by atoms with E-state index in [9.17, 15) is 4.79 Å². The second-order valence-electron chi connectivity index (χ2n) is 4.72. The molecule has 0 saturated carbocycles. The van der Waals surface area contributed by atoms with Gasteiger partial charge < -0.3 is 14.8 Å². The molecule has 1 heterocycles. The highest BCUT2D eigenvalue weighted by Gasteiger charge is 2.18. The Hall–Kier alpha value is -2.15. The molecule has 4 nitrogen and oxygen atoms in total. The second kappa shape index (κ2) is 5.66. The van der Waals surface area contributed by atoms with E-state index in [-0.39, 0.29) is 17.9 Å². The summed E-state index contributed by atoms with van der Waals surface area (Å²) in [7, 11) is 0. The fourth-order valence-electron chi connectivity index (χ4n) is 1.81. The molecule has 0 aromatic heterocycles. The van der Waals surface area contributed by atoms with Crippen LogP contribution >= 0.6 is 0 Å². The average Bonchev–Trinajstić information content (AvgIpc) is 2.43. The van der Waals surface area contributed by atoms with Gasteiger partial charge in [0.25, 0.3) is 5.91 Å². The van der Waals surface area contributed by atoms with Crippen LogP contribution in [0.5, 0.6) is 11.5 Å². The van der Waals surface area contributed by atoms with Crippen LogP contribution in [-0.4, -0.2) is 25.2 Å². The van der Waals surface area contributed by atoms with E-state index in [0.29, 0.717) is 30.3 Å². The molecule has 2 rings (SSSR count). The normalized spacial score (nSPS) is 14.6. The highest BCUT2D eigenvalue weighted by atomic mass is 16.6. The van der Waals surface area contributed by atoms with Gasteiger partial charge in [-0.05, 0) is 24.1 Å². The number of ether oxygens (including phenoxy) is 2. The number of nitrogens with one attached hydrogen (secondary N) is 1. The third-order valence-electron chi connectivity index (χ3n) is 2.94. The lowest BCUT2D eigenvalue weighted by Crippen LogP contribution is -2.37. The number of hydrogen-bond acceptors (Lipinski definition) is 3. The Morgan fingerprint density at radius 2 is 2.00 bits per heavy atom. The molecular formula is C15H17NO3. The minimum Gasteiger partial charge on any atom is -0.486 e. The van der Waals surface area contributed by atoms with Gasteiger partial charge >= 0.3 is 0 Å². The monoisotopic (exact) mass is 259 g/mol. The minimum absolute atomic E-state index is 0.186. The number of hydrogen-bond donors (Lipinski definition) is 1. The second-order valence-corrected chi connectivity index (χ2v) is 4.72. The van der Waals surface area contributed by atoms with Gasteiger partial charge in [-0.15, -0.1) is 6.42 Å². The van der Waals surface area contributed by atoms with Gasteiger partial charge in [-0.25, -0.2) is 0 Å². The summed E-state index contributed by atoms with van der Waals surface area (Å²) in [6, 6.07) is 4.85. The lowest BCUT2D eigenvalue weighted by molar-refractivity contribution is 0.0937. The third-order valence-corrected chi connectivity index (χ3v) is 2.94. The third kappa shape index (κ3) is 3.00. The number of rotatable bonds is 3. The maximum atomic E-state index is 12.1. The van der Waals surface area contributed by atoms with Gasteiger partial charge in [0, 0.05) is 5.56 Å². The topological polar surface area (TPSA) is 47.6 Å². The van der Waals surface area contributed by atoms with Crippen LogP contribution in [0.15, 0.2) is 18.2 Å². The van der Waals surface area contributed by atoms with Gasteiger partial charge in [-0.3, -0.25) is 4.79 Å². The van der Waals surface area contributed by atoms with Crippen LogP contribution in [0.4, 0.5) is 0 Å². The zero-order valence-corrected chi connectivity index (χ0v) is 11.1. The molecule has 1 aliphatic heterocycles. The zero-order chi connectivity index (χ0) is 13.8. The molecule has 4 heteroatoms. The molecule has 1 N–H and O–H groups in total. The molecule has 100 valence electrons.